The summed E-state index contributed by atoms with van der Waals surface area (Å²) < 4.78 is 49.6. The monoisotopic (exact) mass is 644 g/mol. The highest BCUT2D eigenvalue weighted by Gasteiger charge is 2.62. The topological polar surface area (TPSA) is 180 Å². The first-order valence-electron chi connectivity index (χ1n) is 16.3. The van der Waals surface area contributed by atoms with Crippen molar-refractivity contribution in [3.63, 3.8) is 0 Å². The number of aliphatic hydroxyl groups is 4. The zero-order valence-corrected chi connectivity index (χ0v) is 27.4. The van der Waals surface area contributed by atoms with Gasteiger partial charge in [0.25, 0.3) is 0 Å². The maximum absolute atomic E-state index is 12.9. The van der Waals surface area contributed by atoms with E-state index in [0.29, 0.717) is 25.7 Å². The highest BCUT2D eigenvalue weighted by molar-refractivity contribution is 7.80. The Labute approximate surface area is 261 Å². The fourth-order valence-corrected chi connectivity index (χ4v) is 10.5. The van der Waals surface area contributed by atoms with Crippen LogP contribution < -0.4 is 0 Å². The summed E-state index contributed by atoms with van der Waals surface area (Å²) in [4.78, 5) is 12.9. The van der Waals surface area contributed by atoms with Crippen molar-refractivity contribution in [1.82, 2.24) is 0 Å². The van der Waals surface area contributed by atoms with E-state index in [2.05, 4.69) is 13.8 Å². The van der Waals surface area contributed by atoms with Crippen molar-refractivity contribution in [2.24, 2.45) is 46.3 Å². The summed E-state index contributed by atoms with van der Waals surface area (Å²) in [6.45, 7) is 10.3. The Hall–Kier alpha value is -0.960. The second kappa shape index (κ2) is 12.6. The average Bonchev–Trinajstić information content (AvgIpc) is 3.29. The molecule has 1 heterocycles. The van der Waals surface area contributed by atoms with E-state index >= 15 is 0 Å². The van der Waals surface area contributed by atoms with E-state index in [1.54, 1.807) is 0 Å². The van der Waals surface area contributed by atoms with Crippen molar-refractivity contribution in [3.05, 3.63) is 11.6 Å². The lowest BCUT2D eigenvalue weighted by atomic mass is 9.46. The van der Waals surface area contributed by atoms with Gasteiger partial charge in [0.1, 0.15) is 24.4 Å². The van der Waals surface area contributed by atoms with Gasteiger partial charge >= 0.3 is 10.4 Å². The van der Waals surface area contributed by atoms with Crippen LogP contribution in [0.15, 0.2) is 11.6 Å². The predicted octanol–water partition coefficient (Wildman–Crippen LogP) is 2.80. The lowest BCUT2D eigenvalue weighted by molar-refractivity contribution is -0.289. The van der Waals surface area contributed by atoms with Crippen LogP contribution in [0.2, 0.25) is 0 Å². The SMILES string of the molecule is CC(C)CC(=O)C(O)[C@@H](C)[C@H]1CC[C@H]2[C@@H]3[C@H](O[C@@H]4OC[C@@H](O)[C@H](O)[C@H]4O)C=C4C[C@@H](OS(=O)(=O)O)CC[C@]4(C)[C@H]3CC[C@]12C. The van der Waals surface area contributed by atoms with E-state index < -0.39 is 53.3 Å². The van der Waals surface area contributed by atoms with E-state index in [1.807, 2.05) is 26.8 Å². The third kappa shape index (κ3) is 6.32. The Morgan fingerprint density at radius 3 is 2.41 bits per heavy atom. The molecule has 14 atom stereocenters. The van der Waals surface area contributed by atoms with Crippen LogP contribution in [0.1, 0.15) is 86.0 Å². The molecule has 1 aliphatic heterocycles. The van der Waals surface area contributed by atoms with Gasteiger partial charge in [-0.05, 0) is 91.3 Å². The molecule has 0 aromatic rings. The molecular weight excluding hydrogens is 592 g/mol. The first-order valence-corrected chi connectivity index (χ1v) is 17.7. The number of hydrogen-bond donors (Lipinski definition) is 5. The lowest BCUT2D eigenvalue weighted by Gasteiger charge is -2.60. The number of Topliss-reactive ketones (excluding diaryl/α,β-unsaturated/α-hetero) is 1. The molecule has 1 unspecified atom stereocenters. The first-order chi connectivity index (χ1) is 20.5. The van der Waals surface area contributed by atoms with Gasteiger partial charge in [0, 0.05) is 6.42 Å². The Morgan fingerprint density at radius 1 is 1.05 bits per heavy atom. The van der Waals surface area contributed by atoms with Crippen molar-refractivity contribution in [2.45, 2.75) is 129 Å². The van der Waals surface area contributed by atoms with Gasteiger partial charge in [-0.1, -0.05) is 46.3 Å². The molecule has 0 radical (unpaired) electrons. The van der Waals surface area contributed by atoms with Gasteiger partial charge in [0.15, 0.2) is 12.1 Å². The summed E-state index contributed by atoms with van der Waals surface area (Å²) >= 11 is 0. The van der Waals surface area contributed by atoms with Gasteiger partial charge in [0.05, 0.1) is 18.8 Å². The van der Waals surface area contributed by atoms with Crippen LogP contribution in [0.25, 0.3) is 0 Å². The van der Waals surface area contributed by atoms with E-state index in [9.17, 15) is 38.2 Å². The molecule has 4 aliphatic carbocycles. The van der Waals surface area contributed by atoms with Crippen molar-refractivity contribution in [3.8, 4) is 0 Å². The first kappa shape index (κ1) is 34.4. The Morgan fingerprint density at radius 2 is 1.75 bits per heavy atom. The Kier molecular flexibility index (Phi) is 9.82. The van der Waals surface area contributed by atoms with Gasteiger partial charge in [-0.25, -0.2) is 4.18 Å². The van der Waals surface area contributed by atoms with Crippen molar-refractivity contribution in [1.29, 1.82) is 0 Å². The van der Waals surface area contributed by atoms with Crippen LogP contribution in [0.4, 0.5) is 0 Å². The van der Waals surface area contributed by atoms with Crippen LogP contribution >= 0.6 is 0 Å². The van der Waals surface area contributed by atoms with Gasteiger partial charge in [-0.2, -0.15) is 8.42 Å². The standard InChI is InChI=1S/C32H52O11S/c1-16(2)12-23(33)27(35)17(3)20-6-7-21-26-22(9-11-32(20,21)5)31(4)10-8-19(43-44(38,39)40)13-18(31)14-25(26)42-30-29(37)28(36)24(34)15-41-30/h14,16-17,19-22,24-30,34-37H,6-13,15H2,1-5H3,(H,38,39,40)/t17-,19-,20+,21-,22-,24+,25+,26-,27?,28-,29+,30-,31-,32+/m0/s1. The predicted molar refractivity (Wildman–Crippen MR) is 159 cm³/mol. The second-order valence-electron chi connectivity index (χ2n) is 15.2. The summed E-state index contributed by atoms with van der Waals surface area (Å²) in [7, 11) is -4.62. The molecule has 5 rings (SSSR count). The van der Waals surface area contributed by atoms with Crippen LogP contribution in [0, 0.1) is 46.3 Å². The van der Waals surface area contributed by atoms with Crippen molar-refractivity contribution in [2.75, 3.05) is 6.61 Å². The molecule has 3 saturated carbocycles. The molecular formula is C32H52O11S. The molecule has 0 aromatic heterocycles. The van der Waals surface area contributed by atoms with Crippen LogP contribution in [0.3, 0.4) is 0 Å². The number of ether oxygens (including phenoxy) is 2. The van der Waals surface area contributed by atoms with Crippen LogP contribution in [-0.2, 0) is 28.9 Å². The molecule has 5 aliphatic rings. The zero-order chi connectivity index (χ0) is 32.4. The summed E-state index contributed by atoms with van der Waals surface area (Å²) in [5.74, 6) is 0.334. The highest BCUT2D eigenvalue weighted by Crippen LogP contribution is 2.68. The minimum atomic E-state index is -4.62. The molecule has 0 spiro atoms. The zero-order valence-electron chi connectivity index (χ0n) is 26.5. The van der Waals surface area contributed by atoms with Gasteiger partial charge in [-0.15, -0.1) is 0 Å². The molecule has 12 heteroatoms. The van der Waals surface area contributed by atoms with Crippen molar-refractivity contribution < 1.29 is 51.8 Å². The maximum atomic E-state index is 12.9. The fourth-order valence-electron chi connectivity index (χ4n) is 9.97. The molecule has 44 heavy (non-hydrogen) atoms. The number of fused-ring (bicyclic) bond motifs is 5. The van der Waals surface area contributed by atoms with Crippen LogP contribution in [-0.4, -0.2) is 88.7 Å². The molecule has 5 N–H and O–H groups in total. The number of hydrogen-bond acceptors (Lipinski definition) is 10. The normalized spacial score (nSPS) is 45.6. The Bertz CT molecular complexity index is 1200. The number of carbonyl (C=O) groups excluding carboxylic acids is 1. The number of rotatable bonds is 9. The van der Waals surface area contributed by atoms with E-state index in [4.69, 9.17) is 13.7 Å². The third-order valence-electron chi connectivity index (χ3n) is 12.2. The minimum absolute atomic E-state index is 0.00189. The second-order valence-corrected chi connectivity index (χ2v) is 16.3. The molecule has 252 valence electrons. The summed E-state index contributed by atoms with van der Waals surface area (Å²) in [5.41, 5.74) is 0.551. The van der Waals surface area contributed by atoms with E-state index in [-0.39, 0.29) is 58.7 Å². The van der Waals surface area contributed by atoms with E-state index in [0.717, 1.165) is 31.3 Å². The summed E-state index contributed by atoms with van der Waals surface area (Å²) in [5, 5.41) is 42.3. The summed E-state index contributed by atoms with van der Waals surface area (Å²) in [6, 6.07) is 0. The number of ketones is 1. The number of carbonyl (C=O) groups is 1. The van der Waals surface area contributed by atoms with Crippen molar-refractivity contribution >= 4 is 16.2 Å². The molecule has 11 nitrogen and oxygen atoms in total. The third-order valence-corrected chi connectivity index (χ3v) is 12.7. The van der Waals surface area contributed by atoms with E-state index in [1.165, 1.54) is 0 Å². The quantitative estimate of drug-likeness (QED) is 0.184. The Balaban J connectivity index is 1.47. The van der Waals surface area contributed by atoms with Gasteiger partial charge in [-0.3, -0.25) is 9.35 Å². The fraction of sp³-hybridized carbons (Fsp3) is 0.906. The molecule has 0 bridgehead atoms. The molecule has 4 fully saturated rings. The average molecular weight is 645 g/mol. The largest absolute Gasteiger partial charge is 0.397 e. The maximum Gasteiger partial charge on any atom is 0.397 e. The lowest BCUT2D eigenvalue weighted by Crippen LogP contribution is -2.59. The highest BCUT2D eigenvalue weighted by atomic mass is 32.3. The molecule has 1 saturated heterocycles. The minimum Gasteiger partial charge on any atom is -0.388 e. The molecule has 0 aromatic carbocycles. The van der Waals surface area contributed by atoms with Gasteiger partial charge in [0.2, 0.25) is 0 Å². The number of aliphatic hydroxyl groups excluding tert-OH is 4. The summed E-state index contributed by atoms with van der Waals surface area (Å²) in [6.07, 6.45) is -0.209. The molecule has 0 amide bonds. The van der Waals surface area contributed by atoms with Crippen LogP contribution in [0.5, 0.6) is 0 Å². The van der Waals surface area contributed by atoms with Gasteiger partial charge < -0.3 is 29.9 Å². The smallest absolute Gasteiger partial charge is 0.388 e.